The molecule has 4 rings (SSSR count). The zero-order chi connectivity index (χ0) is 18.5. The Labute approximate surface area is 163 Å². The number of pyridine rings is 2. The van der Waals surface area contributed by atoms with Crippen molar-refractivity contribution in [2.45, 2.75) is 14.0 Å². The fourth-order valence-electron chi connectivity index (χ4n) is 2.68. The number of nitrogens with zero attached hydrogens (tertiary/aromatic N) is 2. The highest BCUT2D eigenvalue weighted by Crippen LogP contribution is 2.23. The van der Waals surface area contributed by atoms with Crippen LogP contribution in [0.5, 0.6) is 0 Å². The van der Waals surface area contributed by atoms with Crippen molar-refractivity contribution in [3.63, 3.8) is 0 Å². The van der Waals surface area contributed by atoms with Crippen LogP contribution >= 0.6 is 12.6 Å². The van der Waals surface area contributed by atoms with Crippen LogP contribution in [0.4, 0.5) is 0 Å². The topological polar surface area (TPSA) is 100 Å². The summed E-state index contributed by atoms with van der Waals surface area (Å²) in [4.78, 5) is 26.8. The van der Waals surface area contributed by atoms with Gasteiger partial charge in [-0.1, -0.05) is 13.5 Å². The molecule has 0 saturated carbocycles. The van der Waals surface area contributed by atoms with Gasteiger partial charge in [0.05, 0.1) is 16.6 Å². The van der Waals surface area contributed by atoms with Crippen molar-refractivity contribution < 1.29 is 0 Å². The van der Waals surface area contributed by atoms with Crippen molar-refractivity contribution in [3.05, 3.63) is 70.9 Å². The van der Waals surface area contributed by atoms with Crippen LogP contribution in [0.2, 0.25) is 0 Å². The van der Waals surface area contributed by atoms with Crippen molar-refractivity contribution in [1.29, 1.82) is 0 Å². The van der Waals surface area contributed by atoms with Gasteiger partial charge in [-0.2, -0.15) is 12.6 Å². The number of thiol groups is 1. The predicted molar refractivity (Wildman–Crippen MR) is 115 cm³/mol. The van der Waals surface area contributed by atoms with Crippen LogP contribution in [0.25, 0.3) is 33.5 Å². The second kappa shape index (κ2) is 9.16. The number of imidazole rings is 1. The Morgan fingerprint density at radius 2 is 1.81 bits per heavy atom. The van der Waals surface area contributed by atoms with E-state index in [1.165, 1.54) is 0 Å². The van der Waals surface area contributed by atoms with Gasteiger partial charge in [-0.3, -0.25) is 9.78 Å². The molecule has 0 aliphatic carbocycles. The molecule has 0 aliphatic rings. The van der Waals surface area contributed by atoms with Crippen LogP contribution in [-0.2, 0) is 6.54 Å². The van der Waals surface area contributed by atoms with E-state index in [1.807, 2.05) is 36.4 Å². The highest BCUT2D eigenvalue weighted by atomic mass is 32.1. The van der Waals surface area contributed by atoms with E-state index in [0.29, 0.717) is 17.9 Å². The molecule has 3 aromatic heterocycles. The molecule has 0 aliphatic heterocycles. The van der Waals surface area contributed by atoms with Crippen molar-refractivity contribution in [3.8, 4) is 22.5 Å². The largest absolute Gasteiger partial charge is 0.338 e. The van der Waals surface area contributed by atoms with Gasteiger partial charge in [-0.15, -0.1) is 0 Å². The highest BCUT2D eigenvalue weighted by molar-refractivity contribution is 7.79. The second-order valence-corrected chi connectivity index (χ2v) is 5.51. The molecule has 0 atom stereocenters. The minimum absolute atomic E-state index is 0. The average Bonchev–Trinajstić information content (AvgIpc) is 3.13. The monoisotopic (exact) mass is 381 g/mol. The van der Waals surface area contributed by atoms with Gasteiger partial charge in [0.15, 0.2) is 0 Å². The zero-order valence-corrected chi connectivity index (χ0v) is 15.1. The molecule has 27 heavy (non-hydrogen) atoms. The molecular formula is C20H23N5OS. The van der Waals surface area contributed by atoms with Crippen molar-refractivity contribution in [2.75, 3.05) is 6.26 Å². The van der Waals surface area contributed by atoms with Gasteiger partial charge in [-0.25, -0.2) is 4.98 Å². The molecule has 0 unspecified atom stereocenters. The number of hydrogen-bond acceptors (Lipinski definition) is 5. The van der Waals surface area contributed by atoms with Crippen LogP contribution in [0, 0.1) is 0 Å². The molecule has 0 saturated heterocycles. The van der Waals surface area contributed by atoms with Gasteiger partial charge in [-0.05, 0) is 53.3 Å². The Morgan fingerprint density at radius 3 is 2.52 bits per heavy atom. The molecule has 1 aromatic carbocycles. The first-order valence-electron chi connectivity index (χ1n) is 8.01. The molecule has 3 heterocycles. The number of aromatic amines is 2. The molecule has 0 spiro atoms. The number of aromatic nitrogens is 4. The summed E-state index contributed by atoms with van der Waals surface area (Å²) in [6, 6.07) is 11.4. The maximum Gasteiger partial charge on any atom is 0.259 e. The first-order valence-corrected chi connectivity index (χ1v) is 8.91. The number of fused-ring (bicyclic) bond motifs is 1. The van der Waals surface area contributed by atoms with Crippen LogP contribution in [0.15, 0.2) is 59.8 Å². The van der Waals surface area contributed by atoms with Crippen molar-refractivity contribution in [1.82, 2.24) is 19.9 Å². The Morgan fingerprint density at radius 1 is 1.07 bits per heavy atom. The molecule has 0 amide bonds. The molecule has 6 nitrogen and oxygen atoms in total. The molecule has 0 bridgehead atoms. The van der Waals surface area contributed by atoms with Gasteiger partial charge in [0.25, 0.3) is 5.56 Å². The summed E-state index contributed by atoms with van der Waals surface area (Å²) in [7, 11) is 0. The summed E-state index contributed by atoms with van der Waals surface area (Å²) in [6.45, 7) is 0.461. The fraction of sp³-hybridized carbons (Fsp3) is 0.150. The quantitative estimate of drug-likeness (QED) is 0.407. The highest BCUT2D eigenvalue weighted by Gasteiger charge is 2.11. The molecule has 7 heteroatoms. The van der Waals surface area contributed by atoms with Crippen LogP contribution in [0.3, 0.4) is 0 Å². The minimum Gasteiger partial charge on any atom is -0.338 e. The molecular weight excluding hydrogens is 358 g/mol. The number of benzene rings is 1. The lowest BCUT2D eigenvalue weighted by Crippen LogP contribution is -2.09. The summed E-state index contributed by atoms with van der Waals surface area (Å²) in [5, 5.41) is 0. The fourth-order valence-corrected chi connectivity index (χ4v) is 2.68. The number of rotatable bonds is 3. The predicted octanol–water partition coefficient (Wildman–Crippen LogP) is 3.62. The first-order chi connectivity index (χ1) is 12.7. The minimum atomic E-state index is -0.189. The maximum absolute atomic E-state index is 12.3. The Hall–Kier alpha value is -2.90. The number of nitrogens with two attached hydrogens (primary N) is 1. The first kappa shape index (κ1) is 20.4. The summed E-state index contributed by atoms with van der Waals surface area (Å²) < 4.78 is 0. The molecule has 140 valence electrons. The SMILES string of the molecule is C.CS.NCc1ccc2nc(-c3cc(-c4ccncc4)c[nH]c3=O)[nH]c2c1. The molecule has 4 N–H and O–H groups in total. The van der Waals surface area contributed by atoms with Gasteiger partial charge in [0.1, 0.15) is 5.82 Å². The van der Waals surface area contributed by atoms with E-state index >= 15 is 0 Å². The van der Waals surface area contributed by atoms with E-state index < -0.39 is 0 Å². The molecule has 0 radical (unpaired) electrons. The standard InChI is InChI=1S/C18H15N5O.CH4S.CH4/c19-9-11-1-2-15-16(7-11)23-17(22-15)14-8-13(10-21-18(14)24)12-3-5-20-6-4-12;1-2;/h1-8,10H,9,19H2,(H,21,24)(H,22,23);2H,1H3;1H4. The number of nitrogens with one attached hydrogen (secondary N) is 2. The van der Waals surface area contributed by atoms with Crippen LogP contribution < -0.4 is 11.3 Å². The van der Waals surface area contributed by atoms with Crippen LogP contribution in [0.1, 0.15) is 13.0 Å². The van der Waals surface area contributed by atoms with Crippen molar-refractivity contribution in [2.24, 2.45) is 5.73 Å². The average molecular weight is 382 g/mol. The normalized spacial score (nSPS) is 10.0. The summed E-state index contributed by atoms with van der Waals surface area (Å²) in [6.07, 6.45) is 6.82. The van der Waals surface area contributed by atoms with E-state index in [-0.39, 0.29) is 13.0 Å². The number of hydrogen-bond donors (Lipinski definition) is 4. The van der Waals surface area contributed by atoms with E-state index in [2.05, 4.69) is 32.6 Å². The third-order valence-corrected chi connectivity index (χ3v) is 3.95. The van der Waals surface area contributed by atoms with Gasteiger partial charge < -0.3 is 15.7 Å². The van der Waals surface area contributed by atoms with E-state index in [0.717, 1.165) is 27.7 Å². The molecule has 4 aromatic rings. The third kappa shape index (κ3) is 4.27. The van der Waals surface area contributed by atoms with Gasteiger partial charge >= 0.3 is 0 Å². The van der Waals surface area contributed by atoms with Gasteiger partial charge in [0, 0.05) is 25.1 Å². The summed E-state index contributed by atoms with van der Waals surface area (Å²) in [5.41, 5.74) is 10.5. The number of H-pyrrole nitrogens is 2. The van der Waals surface area contributed by atoms with Crippen molar-refractivity contribution >= 4 is 23.7 Å². The second-order valence-electron chi connectivity index (χ2n) is 5.51. The lowest BCUT2D eigenvalue weighted by molar-refractivity contribution is 1.07. The third-order valence-electron chi connectivity index (χ3n) is 3.95. The van der Waals surface area contributed by atoms with Gasteiger partial charge in [0.2, 0.25) is 0 Å². The zero-order valence-electron chi connectivity index (χ0n) is 14.2. The van der Waals surface area contributed by atoms with E-state index in [1.54, 1.807) is 24.8 Å². The lowest BCUT2D eigenvalue weighted by Gasteiger charge is -2.02. The smallest absolute Gasteiger partial charge is 0.259 e. The lowest BCUT2D eigenvalue weighted by atomic mass is 10.1. The van der Waals surface area contributed by atoms with E-state index in [9.17, 15) is 4.79 Å². The van der Waals surface area contributed by atoms with E-state index in [4.69, 9.17) is 5.73 Å². The summed E-state index contributed by atoms with van der Waals surface area (Å²) in [5.74, 6) is 0.538. The maximum atomic E-state index is 12.3. The molecule has 0 fully saturated rings. The van der Waals surface area contributed by atoms with Crippen LogP contribution in [-0.4, -0.2) is 26.2 Å². The Bertz CT molecular complexity index is 1070. The Kier molecular flexibility index (Phi) is 6.92. The summed E-state index contributed by atoms with van der Waals surface area (Å²) >= 11 is 3.53. The Balaban J connectivity index is 0.000000844.